The van der Waals surface area contributed by atoms with Crippen LogP contribution in [-0.2, 0) is 6.42 Å². The second kappa shape index (κ2) is 11.4. The Morgan fingerprint density at radius 3 is 2.51 bits per heavy atom. The fraction of sp³-hybridized carbons (Fsp3) is 0.219. The Balaban J connectivity index is 1.13. The first-order valence-electron chi connectivity index (χ1n) is 13.4. The van der Waals surface area contributed by atoms with Gasteiger partial charge in [0.15, 0.2) is 0 Å². The standard InChI is InChI=1S/C32H31N5OS/c1-2-30-28(31(38)36-19-17-35(18-20-36)16-8-11-24-9-4-3-5-10-24)22-33-37(30)32-34-29(23-39-32)27-15-14-25-12-6-7-13-26(25)21-27/h3-15,21-23H,2,16-20H2,1H3. The third kappa shape index (κ3) is 5.41. The molecule has 2 aromatic heterocycles. The van der Waals surface area contributed by atoms with Gasteiger partial charge in [-0.15, -0.1) is 11.3 Å². The molecule has 1 saturated heterocycles. The molecule has 5 aromatic rings. The maximum absolute atomic E-state index is 13.5. The molecule has 1 fully saturated rings. The number of carbonyl (C=O) groups is 1. The lowest BCUT2D eigenvalue weighted by atomic mass is 10.1. The number of aromatic nitrogens is 3. The lowest BCUT2D eigenvalue weighted by molar-refractivity contribution is 0.0649. The molecule has 0 unspecified atom stereocenters. The summed E-state index contributed by atoms with van der Waals surface area (Å²) in [7, 11) is 0. The summed E-state index contributed by atoms with van der Waals surface area (Å²) in [5, 5.41) is 9.86. The average Bonchev–Trinajstić information content (AvgIpc) is 3.65. The fourth-order valence-electron chi connectivity index (χ4n) is 5.11. The number of hydrogen-bond donors (Lipinski definition) is 0. The number of amides is 1. The van der Waals surface area contributed by atoms with Crippen molar-refractivity contribution in [2.24, 2.45) is 0 Å². The van der Waals surface area contributed by atoms with Crippen LogP contribution >= 0.6 is 11.3 Å². The molecule has 1 aliphatic rings. The predicted molar refractivity (Wildman–Crippen MR) is 159 cm³/mol. The average molecular weight is 534 g/mol. The van der Waals surface area contributed by atoms with Crippen molar-refractivity contribution in [2.75, 3.05) is 32.7 Å². The van der Waals surface area contributed by atoms with Gasteiger partial charge >= 0.3 is 0 Å². The third-order valence-corrected chi connectivity index (χ3v) is 8.10. The lowest BCUT2D eigenvalue weighted by Crippen LogP contribution is -2.48. The first-order valence-corrected chi connectivity index (χ1v) is 14.3. The Bertz CT molecular complexity index is 1610. The Morgan fingerprint density at radius 2 is 1.72 bits per heavy atom. The monoisotopic (exact) mass is 533 g/mol. The molecule has 3 heterocycles. The van der Waals surface area contributed by atoms with Crippen LogP contribution in [0.3, 0.4) is 0 Å². The van der Waals surface area contributed by atoms with Crippen LogP contribution in [0.4, 0.5) is 0 Å². The second-order valence-electron chi connectivity index (χ2n) is 9.75. The van der Waals surface area contributed by atoms with Crippen LogP contribution in [0.25, 0.3) is 33.2 Å². The Kier molecular flexibility index (Phi) is 7.34. The van der Waals surface area contributed by atoms with Crippen LogP contribution in [0.1, 0.15) is 28.5 Å². The molecular formula is C32H31N5OS. The van der Waals surface area contributed by atoms with Gasteiger partial charge in [-0.2, -0.15) is 5.10 Å². The number of benzene rings is 3. The van der Waals surface area contributed by atoms with Gasteiger partial charge in [-0.25, -0.2) is 9.67 Å². The van der Waals surface area contributed by atoms with E-state index < -0.39 is 0 Å². The molecule has 39 heavy (non-hydrogen) atoms. The first-order chi connectivity index (χ1) is 19.2. The van der Waals surface area contributed by atoms with E-state index in [9.17, 15) is 4.79 Å². The van der Waals surface area contributed by atoms with Gasteiger partial charge in [-0.1, -0.05) is 85.8 Å². The van der Waals surface area contributed by atoms with Gasteiger partial charge in [0.05, 0.1) is 23.1 Å². The van der Waals surface area contributed by atoms with E-state index in [1.54, 1.807) is 17.5 Å². The molecule has 0 radical (unpaired) electrons. The van der Waals surface area contributed by atoms with Crippen molar-refractivity contribution in [3.05, 3.63) is 107 Å². The highest BCUT2D eigenvalue weighted by atomic mass is 32.1. The fourth-order valence-corrected chi connectivity index (χ4v) is 5.92. The van der Waals surface area contributed by atoms with Gasteiger partial charge in [0.2, 0.25) is 5.13 Å². The Labute approximate surface area is 232 Å². The number of fused-ring (bicyclic) bond motifs is 1. The molecule has 0 N–H and O–H groups in total. The summed E-state index contributed by atoms with van der Waals surface area (Å²) in [4.78, 5) is 22.7. The van der Waals surface area contributed by atoms with Crippen molar-refractivity contribution < 1.29 is 4.79 Å². The van der Waals surface area contributed by atoms with Crippen molar-refractivity contribution in [1.82, 2.24) is 24.6 Å². The van der Waals surface area contributed by atoms with Crippen LogP contribution in [-0.4, -0.2) is 63.2 Å². The molecule has 1 amide bonds. The molecule has 3 aromatic carbocycles. The minimum atomic E-state index is 0.0592. The maximum atomic E-state index is 13.5. The highest BCUT2D eigenvalue weighted by Crippen LogP contribution is 2.28. The molecule has 0 aliphatic carbocycles. The molecule has 196 valence electrons. The van der Waals surface area contributed by atoms with E-state index in [0.29, 0.717) is 12.0 Å². The molecule has 0 spiro atoms. The summed E-state index contributed by atoms with van der Waals surface area (Å²) in [5.74, 6) is 0.0592. The molecular weight excluding hydrogens is 502 g/mol. The van der Waals surface area contributed by atoms with Crippen LogP contribution in [0.2, 0.25) is 0 Å². The Hall–Kier alpha value is -4.07. The summed E-state index contributed by atoms with van der Waals surface area (Å²) < 4.78 is 1.84. The molecule has 0 atom stereocenters. The predicted octanol–water partition coefficient (Wildman–Crippen LogP) is 6.18. The van der Waals surface area contributed by atoms with E-state index in [0.717, 1.165) is 54.8 Å². The van der Waals surface area contributed by atoms with Gasteiger partial charge in [0.1, 0.15) is 0 Å². The minimum Gasteiger partial charge on any atom is -0.336 e. The van der Waals surface area contributed by atoms with E-state index in [1.165, 1.54) is 16.3 Å². The molecule has 6 nitrogen and oxygen atoms in total. The van der Waals surface area contributed by atoms with E-state index in [2.05, 4.69) is 101 Å². The van der Waals surface area contributed by atoms with Crippen molar-refractivity contribution in [2.45, 2.75) is 13.3 Å². The number of hydrogen-bond acceptors (Lipinski definition) is 5. The van der Waals surface area contributed by atoms with Crippen LogP contribution in [0.5, 0.6) is 0 Å². The summed E-state index contributed by atoms with van der Waals surface area (Å²) >= 11 is 1.55. The zero-order chi connectivity index (χ0) is 26.6. The van der Waals surface area contributed by atoms with Crippen LogP contribution < -0.4 is 0 Å². The Morgan fingerprint density at radius 1 is 0.949 bits per heavy atom. The van der Waals surface area contributed by atoms with E-state index >= 15 is 0 Å². The van der Waals surface area contributed by atoms with Crippen LogP contribution in [0, 0.1) is 0 Å². The number of thiazole rings is 1. The van der Waals surface area contributed by atoms with Gasteiger partial charge < -0.3 is 4.90 Å². The number of nitrogens with zero attached hydrogens (tertiary/aromatic N) is 5. The first kappa shape index (κ1) is 25.2. The number of carbonyl (C=O) groups excluding carboxylic acids is 1. The summed E-state index contributed by atoms with van der Waals surface area (Å²) in [5.41, 5.74) is 4.79. The number of rotatable bonds is 7. The zero-order valence-corrected chi connectivity index (χ0v) is 22.8. The largest absolute Gasteiger partial charge is 0.336 e. The normalized spacial score (nSPS) is 14.4. The SMILES string of the molecule is CCc1c(C(=O)N2CCN(CC=Cc3ccccc3)CC2)cnn1-c1nc(-c2ccc3ccccc3c2)cs1. The zero-order valence-electron chi connectivity index (χ0n) is 22.0. The number of piperazine rings is 1. The van der Waals surface area contributed by atoms with Gasteiger partial charge in [0, 0.05) is 43.7 Å². The van der Waals surface area contributed by atoms with Crippen molar-refractivity contribution in [3.8, 4) is 16.4 Å². The van der Waals surface area contributed by atoms with Crippen molar-refractivity contribution in [1.29, 1.82) is 0 Å². The topological polar surface area (TPSA) is 54.3 Å². The summed E-state index contributed by atoms with van der Waals surface area (Å²) in [6.45, 7) is 6.12. The third-order valence-electron chi connectivity index (χ3n) is 7.29. The van der Waals surface area contributed by atoms with Crippen molar-refractivity contribution in [3.63, 3.8) is 0 Å². The molecule has 0 bridgehead atoms. The highest BCUT2D eigenvalue weighted by Gasteiger charge is 2.26. The quantitative estimate of drug-likeness (QED) is 0.251. The summed E-state index contributed by atoms with van der Waals surface area (Å²) in [6, 6.07) is 25.1. The summed E-state index contributed by atoms with van der Waals surface area (Å²) in [6.07, 6.45) is 6.78. The molecule has 6 rings (SSSR count). The molecule has 1 aliphatic heterocycles. The van der Waals surface area contributed by atoms with Crippen LogP contribution in [0.15, 0.2) is 90.4 Å². The van der Waals surface area contributed by atoms with Gasteiger partial charge in [-0.3, -0.25) is 9.69 Å². The molecule has 7 heteroatoms. The lowest BCUT2D eigenvalue weighted by Gasteiger charge is -2.34. The van der Waals surface area contributed by atoms with Crippen molar-refractivity contribution >= 4 is 34.1 Å². The highest BCUT2D eigenvalue weighted by molar-refractivity contribution is 7.12. The molecule has 0 saturated carbocycles. The second-order valence-corrected chi connectivity index (χ2v) is 10.6. The van der Waals surface area contributed by atoms with E-state index in [1.807, 2.05) is 15.6 Å². The van der Waals surface area contributed by atoms with Gasteiger partial charge in [-0.05, 0) is 28.8 Å². The van der Waals surface area contributed by atoms with E-state index in [-0.39, 0.29) is 5.91 Å². The van der Waals surface area contributed by atoms with E-state index in [4.69, 9.17) is 4.98 Å². The maximum Gasteiger partial charge on any atom is 0.257 e. The minimum absolute atomic E-state index is 0.0592. The van der Waals surface area contributed by atoms with Gasteiger partial charge in [0.25, 0.3) is 5.91 Å². The smallest absolute Gasteiger partial charge is 0.257 e.